The summed E-state index contributed by atoms with van der Waals surface area (Å²) in [6.07, 6.45) is 0. The summed E-state index contributed by atoms with van der Waals surface area (Å²) in [4.78, 5) is 10.4. The van der Waals surface area contributed by atoms with Crippen LogP contribution in [0.5, 0.6) is 5.75 Å². The summed E-state index contributed by atoms with van der Waals surface area (Å²) in [5.74, 6) is 1.30. The van der Waals surface area contributed by atoms with Crippen molar-refractivity contribution in [2.24, 2.45) is 0 Å². The summed E-state index contributed by atoms with van der Waals surface area (Å²) in [5, 5.41) is 27.9. The number of hydrogen-bond donors (Lipinski definition) is 0. The number of halogens is 1. The molecule has 0 saturated carbocycles. The molecule has 0 aliphatic rings. The summed E-state index contributed by atoms with van der Waals surface area (Å²) >= 11 is 1.28. The lowest BCUT2D eigenvalue weighted by atomic mass is 10.2. The van der Waals surface area contributed by atoms with Crippen molar-refractivity contribution >= 4 is 17.4 Å². The molecule has 5 rings (SSSR count). The highest BCUT2D eigenvalue weighted by Gasteiger charge is 2.24. The molecule has 1 atom stereocenters. The Balaban J connectivity index is 1.46. The van der Waals surface area contributed by atoms with Gasteiger partial charge in [-0.1, -0.05) is 23.9 Å². The summed E-state index contributed by atoms with van der Waals surface area (Å²) < 4.78 is 28.0. The normalized spacial score (nSPS) is 11.9. The lowest BCUT2D eigenvalue weighted by Gasteiger charge is -2.13. The van der Waals surface area contributed by atoms with Crippen LogP contribution in [0.3, 0.4) is 0 Å². The van der Waals surface area contributed by atoms with Crippen molar-refractivity contribution in [2.45, 2.75) is 24.3 Å². The van der Waals surface area contributed by atoms with E-state index in [0.717, 1.165) is 11.3 Å². The first-order chi connectivity index (χ1) is 18.4. The highest BCUT2D eigenvalue weighted by atomic mass is 32.2. The van der Waals surface area contributed by atoms with E-state index in [1.807, 2.05) is 38.1 Å². The van der Waals surface area contributed by atoms with Gasteiger partial charge in [-0.15, -0.1) is 20.4 Å². The maximum atomic E-state index is 14.9. The molecular formula is C26H21FN6O4S. The third-order valence-electron chi connectivity index (χ3n) is 5.55. The number of benzene rings is 3. The highest BCUT2D eigenvalue weighted by Crippen LogP contribution is 2.38. The van der Waals surface area contributed by atoms with Gasteiger partial charge >= 0.3 is 0 Å². The van der Waals surface area contributed by atoms with Gasteiger partial charge in [-0.05, 0) is 62.4 Å². The molecule has 0 bridgehead atoms. The number of nitro groups is 1. The SMILES string of the molecule is CCOc1ccc(-c2nnc(S[C@@H](C)c3nnc(-c4ccc([N+](=O)[O-])cc4)o3)n2-c2ccccc2F)cc1. The van der Waals surface area contributed by atoms with E-state index in [9.17, 15) is 14.5 Å². The van der Waals surface area contributed by atoms with Crippen molar-refractivity contribution in [1.82, 2.24) is 25.0 Å². The maximum Gasteiger partial charge on any atom is 0.269 e. The molecule has 12 heteroatoms. The standard InChI is InChI=1S/C26H21FN6O4S/c1-3-36-20-14-10-17(11-15-20)23-28-31-26(32(23)22-7-5-4-6-21(22)27)38-16(2)24-29-30-25(37-24)18-8-12-19(13-9-18)33(34)35/h4-16H,3H2,1-2H3/t16-/m0/s1. The van der Waals surface area contributed by atoms with E-state index in [0.29, 0.717) is 34.7 Å². The third-order valence-corrected chi connectivity index (χ3v) is 6.58. The van der Waals surface area contributed by atoms with Crippen molar-refractivity contribution < 1.29 is 18.5 Å². The molecule has 0 aliphatic heterocycles. The second-order valence-corrected chi connectivity index (χ2v) is 9.37. The van der Waals surface area contributed by atoms with Crippen LogP contribution in [-0.2, 0) is 0 Å². The second kappa shape index (κ2) is 10.8. The molecule has 0 amide bonds. The first-order valence-corrected chi connectivity index (χ1v) is 12.5. The van der Waals surface area contributed by atoms with E-state index in [1.54, 1.807) is 34.9 Å². The zero-order valence-corrected chi connectivity index (χ0v) is 21.1. The van der Waals surface area contributed by atoms with Crippen LogP contribution < -0.4 is 4.74 Å². The molecule has 0 unspecified atom stereocenters. The quantitative estimate of drug-likeness (QED) is 0.122. The van der Waals surface area contributed by atoms with Crippen LogP contribution in [0.15, 0.2) is 82.4 Å². The van der Waals surface area contributed by atoms with Crippen LogP contribution in [0.25, 0.3) is 28.5 Å². The number of ether oxygens (including phenoxy) is 1. The predicted octanol–water partition coefficient (Wildman–Crippen LogP) is 6.28. The molecule has 0 N–H and O–H groups in total. The fourth-order valence-corrected chi connectivity index (χ4v) is 4.59. The molecule has 0 radical (unpaired) electrons. The van der Waals surface area contributed by atoms with Crippen LogP contribution in [0, 0.1) is 15.9 Å². The van der Waals surface area contributed by atoms with Gasteiger partial charge in [0.05, 0.1) is 22.5 Å². The van der Waals surface area contributed by atoms with E-state index in [4.69, 9.17) is 9.15 Å². The lowest BCUT2D eigenvalue weighted by Crippen LogP contribution is -2.03. The van der Waals surface area contributed by atoms with Gasteiger partial charge in [-0.3, -0.25) is 14.7 Å². The van der Waals surface area contributed by atoms with E-state index in [2.05, 4.69) is 20.4 Å². The molecule has 0 aliphatic carbocycles. The predicted molar refractivity (Wildman–Crippen MR) is 139 cm³/mol. The minimum absolute atomic E-state index is 0.0340. The van der Waals surface area contributed by atoms with Gasteiger partial charge in [0.25, 0.3) is 5.69 Å². The summed E-state index contributed by atoms with van der Waals surface area (Å²) in [7, 11) is 0. The molecule has 2 heterocycles. The molecule has 2 aromatic heterocycles. The Hall–Kier alpha value is -4.58. The number of thioether (sulfide) groups is 1. The van der Waals surface area contributed by atoms with Gasteiger partial charge in [-0.2, -0.15) is 0 Å². The summed E-state index contributed by atoms with van der Waals surface area (Å²) in [6, 6.07) is 19.6. The molecule has 38 heavy (non-hydrogen) atoms. The average molecular weight is 533 g/mol. The molecule has 3 aromatic carbocycles. The van der Waals surface area contributed by atoms with Crippen molar-refractivity contribution in [2.75, 3.05) is 6.61 Å². The monoisotopic (exact) mass is 532 g/mol. The van der Waals surface area contributed by atoms with Crippen molar-refractivity contribution in [3.05, 3.63) is 94.6 Å². The number of nitro benzene ring substituents is 1. The van der Waals surface area contributed by atoms with Crippen LogP contribution in [0.2, 0.25) is 0 Å². The minimum Gasteiger partial charge on any atom is -0.494 e. The first kappa shape index (κ1) is 25.1. The first-order valence-electron chi connectivity index (χ1n) is 11.6. The molecule has 0 fully saturated rings. The smallest absolute Gasteiger partial charge is 0.269 e. The highest BCUT2D eigenvalue weighted by molar-refractivity contribution is 7.99. The van der Waals surface area contributed by atoms with Gasteiger partial charge < -0.3 is 9.15 Å². The number of rotatable bonds is 9. The Morgan fingerprint density at radius 1 is 1.00 bits per heavy atom. The van der Waals surface area contributed by atoms with Gasteiger partial charge in [-0.25, -0.2) is 4.39 Å². The topological polar surface area (TPSA) is 122 Å². The van der Waals surface area contributed by atoms with E-state index < -0.39 is 10.7 Å². The molecular weight excluding hydrogens is 511 g/mol. The summed E-state index contributed by atoms with van der Waals surface area (Å²) in [6.45, 7) is 4.31. The second-order valence-electron chi connectivity index (χ2n) is 8.06. The largest absolute Gasteiger partial charge is 0.494 e. The molecule has 0 saturated heterocycles. The van der Waals surface area contributed by atoms with Crippen molar-refractivity contribution in [3.63, 3.8) is 0 Å². The van der Waals surface area contributed by atoms with Crippen LogP contribution in [0.1, 0.15) is 25.0 Å². The Labute approximate surface area is 220 Å². The Kier molecular flexibility index (Phi) is 7.13. The summed E-state index contributed by atoms with van der Waals surface area (Å²) in [5.41, 5.74) is 1.56. The third kappa shape index (κ3) is 5.11. The Morgan fingerprint density at radius 2 is 1.71 bits per heavy atom. The number of para-hydroxylation sites is 1. The van der Waals surface area contributed by atoms with Crippen LogP contribution >= 0.6 is 11.8 Å². The fraction of sp³-hybridized carbons (Fsp3) is 0.154. The van der Waals surface area contributed by atoms with Gasteiger partial charge in [0.15, 0.2) is 11.0 Å². The lowest BCUT2D eigenvalue weighted by molar-refractivity contribution is -0.384. The number of aromatic nitrogens is 5. The van der Waals surface area contributed by atoms with Crippen LogP contribution in [-0.4, -0.2) is 36.5 Å². The average Bonchev–Trinajstić information content (AvgIpc) is 3.58. The zero-order valence-electron chi connectivity index (χ0n) is 20.3. The fourth-order valence-electron chi connectivity index (χ4n) is 3.70. The van der Waals surface area contributed by atoms with Crippen LogP contribution in [0.4, 0.5) is 10.1 Å². The Bertz CT molecular complexity index is 1570. The van der Waals surface area contributed by atoms with Gasteiger partial charge in [0, 0.05) is 23.3 Å². The molecule has 5 aromatic rings. The van der Waals surface area contributed by atoms with E-state index >= 15 is 0 Å². The van der Waals surface area contributed by atoms with Gasteiger partial charge in [0.1, 0.15) is 11.6 Å². The van der Waals surface area contributed by atoms with Gasteiger partial charge in [0.2, 0.25) is 11.8 Å². The zero-order chi connectivity index (χ0) is 26.6. The number of hydrogen-bond acceptors (Lipinski definition) is 9. The van der Waals surface area contributed by atoms with E-state index in [1.165, 1.54) is 30.0 Å². The number of non-ortho nitro benzene ring substituents is 1. The molecule has 10 nitrogen and oxygen atoms in total. The number of nitrogens with zero attached hydrogens (tertiary/aromatic N) is 6. The molecule has 0 spiro atoms. The van der Waals surface area contributed by atoms with Crippen molar-refractivity contribution in [1.29, 1.82) is 0 Å². The minimum atomic E-state index is -0.477. The Morgan fingerprint density at radius 3 is 2.39 bits per heavy atom. The maximum absolute atomic E-state index is 14.9. The molecule has 192 valence electrons. The van der Waals surface area contributed by atoms with E-state index in [-0.39, 0.29) is 16.8 Å². The van der Waals surface area contributed by atoms with Crippen molar-refractivity contribution in [3.8, 4) is 34.3 Å².